The topological polar surface area (TPSA) is 57.9 Å². The molecule has 0 bridgehead atoms. The van der Waals surface area contributed by atoms with Gasteiger partial charge in [-0.2, -0.15) is 0 Å². The first-order valence-corrected chi connectivity index (χ1v) is 7.09. The van der Waals surface area contributed by atoms with Crippen molar-refractivity contribution in [2.45, 2.75) is 27.4 Å². The molecule has 2 rings (SSSR count). The third-order valence-corrected chi connectivity index (χ3v) is 3.16. The van der Waals surface area contributed by atoms with Gasteiger partial charge in [0.05, 0.1) is 13.7 Å². The maximum Gasteiger partial charge on any atom is 0.342 e. The SMILES string of the molecule is CCOc1ccc(COC(=O)c2cc(C)oc2C)cc1OC. The first-order chi connectivity index (χ1) is 10.5. The smallest absolute Gasteiger partial charge is 0.342 e. The van der Waals surface area contributed by atoms with E-state index in [1.165, 1.54) is 0 Å². The molecule has 0 unspecified atom stereocenters. The number of aryl methyl sites for hydroxylation is 2. The van der Waals surface area contributed by atoms with Gasteiger partial charge in [0.25, 0.3) is 0 Å². The molecule has 118 valence electrons. The molecule has 2 aromatic rings. The van der Waals surface area contributed by atoms with Crippen LogP contribution in [0.3, 0.4) is 0 Å². The molecular weight excluding hydrogens is 284 g/mol. The van der Waals surface area contributed by atoms with Crippen LogP contribution < -0.4 is 9.47 Å². The van der Waals surface area contributed by atoms with Crippen molar-refractivity contribution in [3.63, 3.8) is 0 Å². The van der Waals surface area contributed by atoms with Crippen LogP contribution in [0.4, 0.5) is 0 Å². The van der Waals surface area contributed by atoms with E-state index in [4.69, 9.17) is 18.6 Å². The van der Waals surface area contributed by atoms with Crippen molar-refractivity contribution >= 4 is 5.97 Å². The minimum absolute atomic E-state index is 0.158. The lowest BCUT2D eigenvalue weighted by Gasteiger charge is -2.11. The summed E-state index contributed by atoms with van der Waals surface area (Å²) in [6.45, 7) is 6.16. The van der Waals surface area contributed by atoms with Gasteiger partial charge in [-0.15, -0.1) is 0 Å². The van der Waals surface area contributed by atoms with Gasteiger partial charge in [0.1, 0.15) is 23.7 Å². The van der Waals surface area contributed by atoms with E-state index in [1.807, 2.05) is 13.0 Å². The molecule has 0 atom stereocenters. The summed E-state index contributed by atoms with van der Waals surface area (Å²) in [5, 5.41) is 0. The maximum atomic E-state index is 12.0. The molecule has 1 heterocycles. The number of carbonyl (C=O) groups is 1. The fourth-order valence-electron chi connectivity index (χ4n) is 2.14. The zero-order chi connectivity index (χ0) is 16.1. The van der Waals surface area contributed by atoms with E-state index in [0.29, 0.717) is 35.2 Å². The summed E-state index contributed by atoms with van der Waals surface area (Å²) in [6, 6.07) is 7.12. The molecule has 22 heavy (non-hydrogen) atoms. The zero-order valence-electron chi connectivity index (χ0n) is 13.3. The van der Waals surface area contributed by atoms with Crippen LogP contribution in [0.2, 0.25) is 0 Å². The van der Waals surface area contributed by atoms with Crippen LogP contribution in [0.25, 0.3) is 0 Å². The maximum absolute atomic E-state index is 12.0. The monoisotopic (exact) mass is 304 g/mol. The van der Waals surface area contributed by atoms with Crippen molar-refractivity contribution < 1.29 is 23.4 Å². The highest BCUT2D eigenvalue weighted by atomic mass is 16.5. The Labute approximate surface area is 129 Å². The van der Waals surface area contributed by atoms with Gasteiger partial charge in [-0.1, -0.05) is 6.07 Å². The van der Waals surface area contributed by atoms with Crippen LogP contribution in [0, 0.1) is 13.8 Å². The summed E-state index contributed by atoms with van der Waals surface area (Å²) < 4.78 is 21.4. The summed E-state index contributed by atoms with van der Waals surface area (Å²) in [4.78, 5) is 12.0. The van der Waals surface area contributed by atoms with Gasteiger partial charge in [0.2, 0.25) is 0 Å². The molecule has 0 aliphatic rings. The summed E-state index contributed by atoms with van der Waals surface area (Å²) in [7, 11) is 1.57. The Balaban J connectivity index is 2.05. The molecule has 5 nitrogen and oxygen atoms in total. The molecule has 0 spiro atoms. The highest BCUT2D eigenvalue weighted by Crippen LogP contribution is 2.28. The molecule has 1 aromatic heterocycles. The predicted molar refractivity (Wildman–Crippen MR) is 81.5 cm³/mol. The molecule has 1 aromatic carbocycles. The molecule has 0 fully saturated rings. The van der Waals surface area contributed by atoms with Gasteiger partial charge >= 0.3 is 5.97 Å². The van der Waals surface area contributed by atoms with Crippen LogP contribution in [0.15, 0.2) is 28.7 Å². The van der Waals surface area contributed by atoms with E-state index < -0.39 is 5.97 Å². The number of hydrogen-bond donors (Lipinski definition) is 0. The van der Waals surface area contributed by atoms with Crippen molar-refractivity contribution in [1.82, 2.24) is 0 Å². The Morgan fingerprint density at radius 3 is 2.55 bits per heavy atom. The van der Waals surface area contributed by atoms with E-state index in [0.717, 1.165) is 5.56 Å². The van der Waals surface area contributed by atoms with Crippen molar-refractivity contribution in [2.75, 3.05) is 13.7 Å². The van der Waals surface area contributed by atoms with E-state index in [1.54, 1.807) is 39.2 Å². The fourth-order valence-corrected chi connectivity index (χ4v) is 2.14. The van der Waals surface area contributed by atoms with Crippen molar-refractivity contribution in [2.24, 2.45) is 0 Å². The van der Waals surface area contributed by atoms with E-state index >= 15 is 0 Å². The van der Waals surface area contributed by atoms with Crippen molar-refractivity contribution in [3.8, 4) is 11.5 Å². The average Bonchev–Trinajstić information content (AvgIpc) is 2.85. The quantitative estimate of drug-likeness (QED) is 0.762. The Bertz CT molecular complexity index is 657. The lowest BCUT2D eigenvalue weighted by atomic mass is 10.2. The zero-order valence-corrected chi connectivity index (χ0v) is 13.3. The van der Waals surface area contributed by atoms with Gasteiger partial charge in [-0.25, -0.2) is 4.79 Å². The lowest BCUT2D eigenvalue weighted by molar-refractivity contribution is 0.0470. The first-order valence-electron chi connectivity index (χ1n) is 7.09. The third kappa shape index (κ3) is 3.61. The Morgan fingerprint density at radius 2 is 1.95 bits per heavy atom. The minimum atomic E-state index is -0.401. The third-order valence-electron chi connectivity index (χ3n) is 3.16. The van der Waals surface area contributed by atoms with Crippen LogP contribution in [0.5, 0.6) is 11.5 Å². The minimum Gasteiger partial charge on any atom is -0.493 e. The highest BCUT2D eigenvalue weighted by Gasteiger charge is 2.15. The van der Waals surface area contributed by atoms with Crippen LogP contribution in [-0.2, 0) is 11.3 Å². The van der Waals surface area contributed by atoms with Crippen LogP contribution >= 0.6 is 0 Å². The second-order valence-corrected chi connectivity index (χ2v) is 4.82. The Hall–Kier alpha value is -2.43. The second-order valence-electron chi connectivity index (χ2n) is 4.82. The van der Waals surface area contributed by atoms with Gasteiger partial charge < -0.3 is 18.6 Å². The summed E-state index contributed by atoms with van der Waals surface area (Å²) in [6.07, 6.45) is 0. The molecule has 0 N–H and O–H groups in total. The van der Waals surface area contributed by atoms with Crippen molar-refractivity contribution in [3.05, 3.63) is 46.9 Å². The average molecular weight is 304 g/mol. The Morgan fingerprint density at radius 1 is 1.18 bits per heavy atom. The number of carbonyl (C=O) groups excluding carboxylic acids is 1. The summed E-state index contributed by atoms with van der Waals surface area (Å²) >= 11 is 0. The normalized spacial score (nSPS) is 10.4. The largest absolute Gasteiger partial charge is 0.493 e. The number of methoxy groups -OCH3 is 1. The molecule has 0 amide bonds. The molecule has 0 saturated carbocycles. The molecule has 5 heteroatoms. The first kappa shape index (κ1) is 15.9. The molecular formula is C17H20O5. The molecule has 0 saturated heterocycles. The number of hydrogen-bond acceptors (Lipinski definition) is 5. The number of rotatable bonds is 6. The van der Waals surface area contributed by atoms with Gasteiger partial charge in [-0.3, -0.25) is 0 Å². The predicted octanol–water partition coefficient (Wildman–Crippen LogP) is 3.66. The van der Waals surface area contributed by atoms with E-state index in [9.17, 15) is 4.79 Å². The van der Waals surface area contributed by atoms with E-state index in [-0.39, 0.29) is 6.61 Å². The summed E-state index contributed by atoms with van der Waals surface area (Å²) in [5.74, 6) is 2.13. The highest BCUT2D eigenvalue weighted by molar-refractivity contribution is 5.90. The lowest BCUT2D eigenvalue weighted by Crippen LogP contribution is -2.06. The van der Waals surface area contributed by atoms with Gasteiger partial charge in [0.15, 0.2) is 11.5 Å². The second kappa shape index (κ2) is 7.02. The number of ether oxygens (including phenoxy) is 3. The molecule has 0 radical (unpaired) electrons. The van der Waals surface area contributed by atoms with Crippen LogP contribution in [0.1, 0.15) is 34.4 Å². The molecule has 0 aliphatic heterocycles. The van der Waals surface area contributed by atoms with Gasteiger partial charge in [-0.05, 0) is 44.5 Å². The standard InChI is InChI=1S/C17H20O5/c1-5-20-15-7-6-13(9-16(15)19-4)10-21-17(18)14-8-11(2)22-12(14)3/h6-9H,5,10H2,1-4H3. The molecule has 0 aliphatic carbocycles. The number of benzene rings is 1. The fraction of sp³-hybridized carbons (Fsp3) is 0.353. The number of esters is 1. The Kier molecular flexibility index (Phi) is 5.09. The number of furan rings is 1. The van der Waals surface area contributed by atoms with Gasteiger partial charge in [0, 0.05) is 0 Å². The van der Waals surface area contributed by atoms with Crippen molar-refractivity contribution in [1.29, 1.82) is 0 Å². The van der Waals surface area contributed by atoms with Crippen LogP contribution in [-0.4, -0.2) is 19.7 Å². The summed E-state index contributed by atoms with van der Waals surface area (Å²) in [5.41, 5.74) is 1.28. The van der Waals surface area contributed by atoms with E-state index in [2.05, 4.69) is 0 Å².